The van der Waals surface area contributed by atoms with Gasteiger partial charge in [-0.2, -0.15) is 0 Å². The van der Waals surface area contributed by atoms with E-state index in [0.717, 1.165) is 36.3 Å². The number of amides is 1. The topological polar surface area (TPSA) is 73.3 Å². The van der Waals surface area contributed by atoms with E-state index < -0.39 is 0 Å². The predicted octanol–water partition coefficient (Wildman–Crippen LogP) is 2.36. The number of nitrogens with zero attached hydrogens (tertiary/aromatic N) is 2. The Kier molecular flexibility index (Phi) is 3.80. The molecule has 1 atom stereocenters. The van der Waals surface area contributed by atoms with E-state index in [1.165, 1.54) is 0 Å². The Morgan fingerprint density at radius 2 is 2.08 bits per heavy atom. The van der Waals surface area contributed by atoms with Crippen molar-refractivity contribution >= 4 is 5.91 Å². The molecule has 0 spiro atoms. The summed E-state index contributed by atoms with van der Waals surface area (Å²) in [4.78, 5) is 21.4. The molecule has 1 N–H and O–H groups in total. The van der Waals surface area contributed by atoms with Crippen molar-refractivity contribution < 1.29 is 14.3 Å². The van der Waals surface area contributed by atoms with Crippen LogP contribution in [0.4, 0.5) is 0 Å². The molecule has 24 heavy (non-hydrogen) atoms. The van der Waals surface area contributed by atoms with Crippen molar-refractivity contribution in [3.8, 4) is 11.5 Å². The molecule has 4 rings (SSSR count). The van der Waals surface area contributed by atoms with Gasteiger partial charge in [-0.1, -0.05) is 0 Å². The zero-order valence-corrected chi connectivity index (χ0v) is 13.5. The lowest BCUT2D eigenvalue weighted by molar-refractivity contribution is 0.0931. The number of hydrogen-bond donors (Lipinski definition) is 1. The largest absolute Gasteiger partial charge is 0.486 e. The first-order valence-electron chi connectivity index (χ1n) is 8.23. The molecule has 1 aromatic carbocycles. The lowest BCUT2D eigenvalue weighted by Crippen LogP contribution is -2.31. The van der Waals surface area contributed by atoms with Crippen molar-refractivity contribution in [3.63, 3.8) is 0 Å². The van der Waals surface area contributed by atoms with E-state index >= 15 is 0 Å². The second-order valence-electron chi connectivity index (χ2n) is 6.10. The third-order valence-corrected chi connectivity index (χ3v) is 4.41. The zero-order valence-electron chi connectivity index (χ0n) is 13.5. The van der Waals surface area contributed by atoms with Crippen LogP contribution in [0.2, 0.25) is 0 Å². The monoisotopic (exact) mass is 325 g/mol. The van der Waals surface area contributed by atoms with Crippen LogP contribution in [0.15, 0.2) is 24.4 Å². The molecule has 0 saturated carbocycles. The van der Waals surface area contributed by atoms with Gasteiger partial charge in [0, 0.05) is 23.0 Å². The summed E-state index contributed by atoms with van der Waals surface area (Å²) in [5.41, 5.74) is 2.64. The Morgan fingerprint density at radius 3 is 2.96 bits per heavy atom. The molecule has 0 bridgehead atoms. The number of carbonyl (C=O) groups is 1. The summed E-state index contributed by atoms with van der Waals surface area (Å²) >= 11 is 0. The number of nitrogens with one attached hydrogen (secondary N) is 1. The number of ether oxygens (including phenoxy) is 2. The quantitative estimate of drug-likeness (QED) is 0.917. The van der Waals surface area contributed by atoms with Gasteiger partial charge >= 0.3 is 0 Å². The fraction of sp³-hybridized carbons (Fsp3) is 0.389. The van der Waals surface area contributed by atoms with Gasteiger partial charge in [0.1, 0.15) is 19.0 Å². The van der Waals surface area contributed by atoms with Crippen LogP contribution in [-0.2, 0) is 6.42 Å². The molecular formula is C18H19N3O3. The summed E-state index contributed by atoms with van der Waals surface area (Å²) in [6.07, 6.45) is 4.69. The molecule has 2 aromatic rings. The molecule has 1 amide bonds. The second-order valence-corrected chi connectivity index (χ2v) is 6.10. The molecule has 6 heteroatoms. The van der Waals surface area contributed by atoms with Crippen LogP contribution in [0, 0.1) is 6.92 Å². The minimum atomic E-state index is -0.120. The maximum absolute atomic E-state index is 12.6. The SMILES string of the molecule is Cc1ncc2c(n1)CCC[C@H]2NC(=O)c1ccc2c(c1)OCCO2. The van der Waals surface area contributed by atoms with E-state index in [9.17, 15) is 4.79 Å². The summed E-state index contributed by atoms with van der Waals surface area (Å²) in [7, 11) is 0. The van der Waals surface area contributed by atoms with Crippen LogP contribution in [0.25, 0.3) is 0 Å². The van der Waals surface area contributed by atoms with Gasteiger partial charge in [0.2, 0.25) is 0 Å². The van der Waals surface area contributed by atoms with Gasteiger partial charge in [0.05, 0.1) is 6.04 Å². The molecule has 0 saturated heterocycles. The van der Waals surface area contributed by atoms with Crippen LogP contribution in [0.3, 0.4) is 0 Å². The van der Waals surface area contributed by atoms with Gasteiger partial charge in [0.25, 0.3) is 5.91 Å². The van der Waals surface area contributed by atoms with E-state index in [1.807, 2.05) is 13.1 Å². The van der Waals surface area contributed by atoms with Gasteiger partial charge in [-0.3, -0.25) is 4.79 Å². The maximum atomic E-state index is 12.6. The van der Waals surface area contributed by atoms with Crippen LogP contribution >= 0.6 is 0 Å². The third-order valence-electron chi connectivity index (χ3n) is 4.41. The fourth-order valence-corrected chi connectivity index (χ4v) is 3.22. The molecule has 0 unspecified atom stereocenters. The van der Waals surface area contributed by atoms with Gasteiger partial charge in [0.15, 0.2) is 11.5 Å². The van der Waals surface area contributed by atoms with Gasteiger partial charge < -0.3 is 14.8 Å². The highest BCUT2D eigenvalue weighted by Gasteiger charge is 2.24. The Balaban J connectivity index is 1.55. The highest BCUT2D eigenvalue weighted by Crippen LogP contribution is 2.32. The average Bonchev–Trinajstić information content (AvgIpc) is 2.61. The Labute approximate surface area is 140 Å². The van der Waals surface area contributed by atoms with Crippen LogP contribution in [0.1, 0.15) is 46.3 Å². The van der Waals surface area contributed by atoms with Gasteiger partial charge in [-0.25, -0.2) is 9.97 Å². The summed E-state index contributed by atoms with van der Waals surface area (Å²) in [5, 5.41) is 3.10. The lowest BCUT2D eigenvalue weighted by Gasteiger charge is -2.25. The first kappa shape index (κ1) is 14.9. The highest BCUT2D eigenvalue weighted by molar-refractivity contribution is 5.95. The highest BCUT2D eigenvalue weighted by atomic mass is 16.6. The molecule has 2 aliphatic rings. The van der Waals surface area contributed by atoms with Crippen LogP contribution < -0.4 is 14.8 Å². The average molecular weight is 325 g/mol. The normalized spacial score (nSPS) is 18.6. The second kappa shape index (κ2) is 6.11. The van der Waals surface area contributed by atoms with Gasteiger partial charge in [-0.05, 0) is 44.4 Å². The molecule has 0 fully saturated rings. The number of hydrogen-bond acceptors (Lipinski definition) is 5. The molecule has 124 valence electrons. The van der Waals surface area contributed by atoms with E-state index in [4.69, 9.17) is 9.47 Å². The predicted molar refractivity (Wildman–Crippen MR) is 87.3 cm³/mol. The molecule has 0 radical (unpaired) electrons. The van der Waals surface area contributed by atoms with Crippen molar-refractivity contribution in [2.75, 3.05) is 13.2 Å². The maximum Gasteiger partial charge on any atom is 0.251 e. The fourth-order valence-electron chi connectivity index (χ4n) is 3.22. The molecule has 1 aliphatic carbocycles. The Morgan fingerprint density at radius 1 is 1.25 bits per heavy atom. The summed E-state index contributed by atoms with van der Waals surface area (Å²) in [6, 6.07) is 5.23. The number of aryl methyl sites for hydroxylation is 2. The first-order valence-corrected chi connectivity index (χ1v) is 8.23. The third kappa shape index (κ3) is 2.79. The van der Waals surface area contributed by atoms with Crippen LogP contribution in [-0.4, -0.2) is 29.1 Å². The molecule has 2 heterocycles. The van der Waals surface area contributed by atoms with E-state index in [0.29, 0.717) is 30.3 Å². The van der Waals surface area contributed by atoms with E-state index in [-0.39, 0.29) is 11.9 Å². The Bertz CT molecular complexity index is 791. The molecule has 1 aromatic heterocycles. The summed E-state index contributed by atoms with van der Waals surface area (Å²) in [6.45, 7) is 2.93. The van der Waals surface area contributed by atoms with Crippen LogP contribution in [0.5, 0.6) is 11.5 Å². The summed E-state index contributed by atoms with van der Waals surface area (Å²) < 4.78 is 11.0. The van der Waals surface area contributed by atoms with E-state index in [1.54, 1.807) is 18.2 Å². The zero-order chi connectivity index (χ0) is 16.5. The minimum Gasteiger partial charge on any atom is -0.486 e. The van der Waals surface area contributed by atoms with Crippen molar-refractivity contribution in [2.24, 2.45) is 0 Å². The molecular weight excluding hydrogens is 306 g/mol. The van der Waals surface area contributed by atoms with Crippen molar-refractivity contribution in [1.29, 1.82) is 0 Å². The Hall–Kier alpha value is -2.63. The molecule has 1 aliphatic heterocycles. The van der Waals surface area contributed by atoms with Crippen molar-refractivity contribution in [1.82, 2.24) is 15.3 Å². The number of rotatable bonds is 2. The number of aromatic nitrogens is 2. The number of benzene rings is 1. The first-order chi connectivity index (χ1) is 11.7. The van der Waals surface area contributed by atoms with Crippen molar-refractivity contribution in [2.45, 2.75) is 32.2 Å². The summed E-state index contributed by atoms with van der Waals surface area (Å²) in [5.74, 6) is 1.96. The molecule has 6 nitrogen and oxygen atoms in total. The number of fused-ring (bicyclic) bond motifs is 2. The lowest BCUT2D eigenvalue weighted by atomic mass is 9.92. The van der Waals surface area contributed by atoms with E-state index in [2.05, 4.69) is 15.3 Å². The minimum absolute atomic E-state index is 0.0462. The number of carbonyl (C=O) groups excluding carboxylic acids is 1. The standard InChI is InChI=1S/C18H19N3O3/c1-11-19-10-13-14(20-11)3-2-4-15(13)21-18(22)12-5-6-16-17(9-12)24-8-7-23-16/h5-6,9-10,15H,2-4,7-8H2,1H3,(H,21,22)/t15-/m1/s1. The smallest absolute Gasteiger partial charge is 0.251 e. The van der Waals surface area contributed by atoms with Crippen molar-refractivity contribution in [3.05, 3.63) is 47.0 Å². The van der Waals surface area contributed by atoms with Gasteiger partial charge in [-0.15, -0.1) is 0 Å².